The van der Waals surface area contributed by atoms with E-state index in [0.29, 0.717) is 23.4 Å². The number of furan rings is 1. The smallest absolute Gasteiger partial charge is 0.337 e. The molecule has 1 amide bonds. The van der Waals surface area contributed by atoms with Gasteiger partial charge in [-0.1, -0.05) is 6.07 Å². The third kappa shape index (κ3) is 4.16. The number of amides is 1. The number of hydrogen-bond acceptors (Lipinski definition) is 5. The van der Waals surface area contributed by atoms with Crippen LogP contribution in [0.4, 0.5) is 0 Å². The van der Waals surface area contributed by atoms with Crippen LogP contribution in [0.15, 0.2) is 47.1 Å². The summed E-state index contributed by atoms with van der Waals surface area (Å²) in [5.41, 5.74) is 0.606. The molecule has 0 fully saturated rings. The second-order valence-corrected chi connectivity index (χ2v) is 4.70. The second-order valence-electron chi connectivity index (χ2n) is 4.29. The van der Waals surface area contributed by atoms with E-state index < -0.39 is 11.9 Å². The highest BCUT2D eigenvalue weighted by Crippen LogP contribution is 2.06. The monoisotopic (exact) mass is 318 g/mol. The van der Waals surface area contributed by atoms with E-state index in [9.17, 15) is 9.59 Å². The van der Waals surface area contributed by atoms with Gasteiger partial charge < -0.3 is 14.5 Å². The first kappa shape index (κ1) is 15.7. The minimum Gasteiger partial charge on any atom is -0.467 e. The summed E-state index contributed by atoms with van der Waals surface area (Å²) in [7, 11) is 1.28. The number of esters is 1. The van der Waals surface area contributed by atoms with E-state index in [1.54, 1.807) is 36.6 Å². The largest absolute Gasteiger partial charge is 0.467 e. The quantitative estimate of drug-likeness (QED) is 0.662. The lowest BCUT2D eigenvalue weighted by atomic mass is 10.1. The first-order valence-corrected chi connectivity index (χ1v) is 6.81. The van der Waals surface area contributed by atoms with E-state index in [4.69, 9.17) is 16.6 Å². The van der Waals surface area contributed by atoms with E-state index in [-0.39, 0.29) is 5.11 Å². The van der Waals surface area contributed by atoms with Crippen LogP contribution in [0.2, 0.25) is 0 Å². The van der Waals surface area contributed by atoms with Crippen LogP contribution in [0.3, 0.4) is 0 Å². The van der Waals surface area contributed by atoms with Crippen LogP contribution in [-0.2, 0) is 11.3 Å². The van der Waals surface area contributed by atoms with Crippen molar-refractivity contribution in [2.75, 3.05) is 7.11 Å². The Hall–Kier alpha value is -2.67. The highest BCUT2D eigenvalue weighted by molar-refractivity contribution is 7.80. The summed E-state index contributed by atoms with van der Waals surface area (Å²) in [5, 5.41) is 5.55. The Balaban J connectivity index is 1.93. The van der Waals surface area contributed by atoms with Crippen molar-refractivity contribution in [1.82, 2.24) is 10.6 Å². The van der Waals surface area contributed by atoms with Crippen molar-refractivity contribution in [3.63, 3.8) is 0 Å². The molecule has 6 nitrogen and oxygen atoms in total. The fraction of sp³-hybridized carbons (Fsp3) is 0.133. The van der Waals surface area contributed by atoms with Gasteiger partial charge in [0, 0.05) is 5.56 Å². The molecule has 0 aliphatic carbocycles. The molecule has 1 aromatic heterocycles. The molecular weight excluding hydrogens is 304 g/mol. The molecule has 0 aliphatic heterocycles. The molecule has 0 aliphatic rings. The van der Waals surface area contributed by atoms with Gasteiger partial charge in [0.25, 0.3) is 5.91 Å². The average molecular weight is 318 g/mol. The number of carbonyl (C=O) groups is 2. The Morgan fingerprint density at radius 3 is 2.68 bits per heavy atom. The Bertz CT molecular complexity index is 683. The molecule has 114 valence electrons. The maximum atomic E-state index is 12.1. The predicted molar refractivity (Wildman–Crippen MR) is 83.4 cm³/mol. The summed E-state index contributed by atoms with van der Waals surface area (Å²) in [4.78, 5) is 23.5. The van der Waals surface area contributed by atoms with Gasteiger partial charge in [-0.3, -0.25) is 10.1 Å². The maximum absolute atomic E-state index is 12.1. The lowest BCUT2D eigenvalue weighted by molar-refractivity contribution is 0.0600. The van der Waals surface area contributed by atoms with Gasteiger partial charge in [-0.15, -0.1) is 0 Å². The van der Waals surface area contributed by atoms with Crippen LogP contribution in [0.25, 0.3) is 0 Å². The van der Waals surface area contributed by atoms with Gasteiger partial charge in [0.05, 0.1) is 25.5 Å². The van der Waals surface area contributed by atoms with E-state index in [1.807, 2.05) is 0 Å². The van der Waals surface area contributed by atoms with E-state index in [0.717, 1.165) is 0 Å². The standard InChI is InChI=1S/C15H14N2O4S/c1-20-14(19)11-5-2-4-10(8-11)13(18)17-15(22)16-9-12-6-3-7-21-12/h2-8H,9H2,1H3,(H2,16,17,18,22). The first-order valence-electron chi connectivity index (χ1n) is 6.40. The Morgan fingerprint density at radius 2 is 2.00 bits per heavy atom. The van der Waals surface area contributed by atoms with Gasteiger partial charge in [0.2, 0.25) is 0 Å². The SMILES string of the molecule is COC(=O)c1cccc(C(=O)NC(=S)NCc2ccco2)c1. The molecule has 2 aromatic rings. The zero-order valence-corrected chi connectivity index (χ0v) is 12.6. The lowest BCUT2D eigenvalue weighted by Gasteiger charge is -2.09. The third-order valence-corrected chi connectivity index (χ3v) is 3.02. The number of hydrogen-bond donors (Lipinski definition) is 2. The van der Waals surface area contributed by atoms with Crippen LogP contribution in [0, 0.1) is 0 Å². The Kier molecular flexibility index (Phi) is 5.26. The average Bonchev–Trinajstić information content (AvgIpc) is 3.05. The number of ether oxygens (including phenoxy) is 1. The molecule has 1 aromatic carbocycles. The van der Waals surface area contributed by atoms with Crippen LogP contribution >= 0.6 is 12.2 Å². The van der Waals surface area contributed by atoms with Gasteiger partial charge in [-0.25, -0.2) is 4.79 Å². The van der Waals surface area contributed by atoms with Gasteiger partial charge in [-0.05, 0) is 42.5 Å². The second kappa shape index (κ2) is 7.37. The highest BCUT2D eigenvalue weighted by Gasteiger charge is 2.11. The molecular formula is C15H14N2O4S. The van der Waals surface area contributed by atoms with Crippen LogP contribution < -0.4 is 10.6 Å². The number of nitrogens with one attached hydrogen (secondary N) is 2. The molecule has 0 saturated carbocycles. The number of carbonyl (C=O) groups excluding carboxylic acids is 2. The molecule has 0 bridgehead atoms. The summed E-state index contributed by atoms with van der Waals surface area (Å²) >= 11 is 5.03. The fourth-order valence-electron chi connectivity index (χ4n) is 1.71. The molecule has 0 spiro atoms. The van der Waals surface area contributed by atoms with E-state index in [2.05, 4.69) is 15.4 Å². The maximum Gasteiger partial charge on any atom is 0.337 e. The topological polar surface area (TPSA) is 80.6 Å². The zero-order valence-electron chi connectivity index (χ0n) is 11.8. The summed E-state index contributed by atoms with van der Waals surface area (Å²) in [6.45, 7) is 0.369. The van der Waals surface area contributed by atoms with Crippen LogP contribution in [0.5, 0.6) is 0 Å². The van der Waals surface area contributed by atoms with Gasteiger partial charge in [-0.2, -0.15) is 0 Å². The Morgan fingerprint density at radius 1 is 1.23 bits per heavy atom. The van der Waals surface area contributed by atoms with Crippen molar-refractivity contribution in [3.05, 3.63) is 59.5 Å². The van der Waals surface area contributed by atoms with E-state index >= 15 is 0 Å². The minimum absolute atomic E-state index is 0.171. The van der Waals surface area contributed by atoms with Crippen molar-refractivity contribution < 1.29 is 18.7 Å². The van der Waals surface area contributed by atoms with Crippen molar-refractivity contribution >= 4 is 29.2 Å². The first-order chi connectivity index (χ1) is 10.6. The Labute approximate surface area is 132 Å². The summed E-state index contributed by atoms with van der Waals surface area (Å²) in [5.74, 6) is -0.222. The molecule has 0 radical (unpaired) electrons. The minimum atomic E-state index is -0.506. The van der Waals surface area contributed by atoms with Crippen molar-refractivity contribution in [1.29, 1.82) is 0 Å². The number of methoxy groups -OCH3 is 1. The van der Waals surface area contributed by atoms with Crippen molar-refractivity contribution in [2.45, 2.75) is 6.54 Å². The number of thiocarbonyl (C=S) groups is 1. The molecule has 22 heavy (non-hydrogen) atoms. The van der Waals surface area contributed by atoms with Crippen LogP contribution in [-0.4, -0.2) is 24.1 Å². The fourth-order valence-corrected chi connectivity index (χ4v) is 1.87. The van der Waals surface area contributed by atoms with E-state index in [1.165, 1.54) is 13.2 Å². The molecule has 0 saturated heterocycles. The molecule has 0 atom stereocenters. The van der Waals surface area contributed by atoms with Crippen molar-refractivity contribution in [3.8, 4) is 0 Å². The predicted octanol–water partition coefficient (Wildman–Crippen LogP) is 1.87. The summed E-state index contributed by atoms with van der Waals surface area (Å²) in [6, 6.07) is 9.73. The normalized spacial score (nSPS) is 9.86. The van der Waals surface area contributed by atoms with Crippen LogP contribution in [0.1, 0.15) is 26.5 Å². The molecule has 0 unspecified atom stereocenters. The summed E-state index contributed by atoms with van der Waals surface area (Å²) < 4.78 is 9.75. The summed E-state index contributed by atoms with van der Waals surface area (Å²) in [6.07, 6.45) is 1.55. The molecule has 7 heteroatoms. The lowest BCUT2D eigenvalue weighted by Crippen LogP contribution is -2.38. The third-order valence-electron chi connectivity index (χ3n) is 2.78. The number of rotatable bonds is 4. The zero-order chi connectivity index (χ0) is 15.9. The van der Waals surface area contributed by atoms with Crippen molar-refractivity contribution in [2.24, 2.45) is 0 Å². The number of benzene rings is 1. The molecule has 2 N–H and O–H groups in total. The van der Waals surface area contributed by atoms with Gasteiger partial charge >= 0.3 is 5.97 Å². The molecule has 2 rings (SSSR count). The van der Waals surface area contributed by atoms with Gasteiger partial charge in [0.15, 0.2) is 5.11 Å². The highest BCUT2D eigenvalue weighted by atomic mass is 32.1. The molecule has 1 heterocycles. The van der Waals surface area contributed by atoms with Gasteiger partial charge in [0.1, 0.15) is 5.76 Å².